The molecule has 13 heavy (non-hydrogen) atoms. The number of rotatable bonds is 5. The van der Waals surface area contributed by atoms with Crippen LogP contribution in [0.15, 0.2) is 0 Å². The molecule has 80 valence electrons. The Morgan fingerprint density at radius 3 is 2.08 bits per heavy atom. The highest BCUT2D eigenvalue weighted by Gasteiger charge is 2.33. The summed E-state index contributed by atoms with van der Waals surface area (Å²) in [5.74, 6) is 0.928. The highest BCUT2D eigenvalue weighted by atomic mass is 33.1. The highest BCUT2D eigenvalue weighted by Crippen LogP contribution is 2.37. The second-order valence-corrected chi connectivity index (χ2v) is 6.00. The van der Waals surface area contributed by atoms with Gasteiger partial charge in [-0.1, -0.05) is 42.4 Å². The zero-order valence-corrected chi connectivity index (χ0v) is 9.65. The molecule has 0 aliphatic heterocycles. The van der Waals surface area contributed by atoms with E-state index in [-0.39, 0.29) is 11.2 Å². The zero-order chi connectivity index (χ0) is 10.5. The first-order valence-corrected chi connectivity index (χ1v) is 6.60. The lowest BCUT2D eigenvalue weighted by Crippen LogP contribution is -2.20. The van der Waals surface area contributed by atoms with E-state index in [2.05, 4.69) is 0 Å². The van der Waals surface area contributed by atoms with Crippen molar-refractivity contribution in [2.75, 3.05) is 5.75 Å². The molecule has 0 heterocycles. The first-order chi connectivity index (χ1) is 5.87. The van der Waals surface area contributed by atoms with Crippen molar-refractivity contribution in [3.05, 3.63) is 0 Å². The van der Waals surface area contributed by atoms with Gasteiger partial charge in [-0.2, -0.15) is 13.2 Å². The molecule has 0 rings (SSSR count). The van der Waals surface area contributed by atoms with Crippen LogP contribution in [0.25, 0.3) is 0 Å². The number of halogens is 3. The molecule has 0 nitrogen and oxygen atoms in total. The first-order valence-electron chi connectivity index (χ1n) is 4.21. The third kappa shape index (κ3) is 7.55. The number of hydrogen-bond donors (Lipinski definition) is 0. The molecule has 0 bridgehead atoms. The van der Waals surface area contributed by atoms with Crippen LogP contribution in [0.4, 0.5) is 13.2 Å². The van der Waals surface area contributed by atoms with E-state index in [0.29, 0.717) is 0 Å². The SMILES string of the molecule is CCSSC(CC(F)(F)F)C(C)C. The van der Waals surface area contributed by atoms with Gasteiger partial charge in [0.1, 0.15) is 0 Å². The molecule has 0 aromatic rings. The minimum Gasteiger partial charge on any atom is -0.171 e. The van der Waals surface area contributed by atoms with Crippen molar-refractivity contribution < 1.29 is 13.2 Å². The van der Waals surface area contributed by atoms with Crippen molar-refractivity contribution >= 4 is 21.6 Å². The predicted octanol–water partition coefficient (Wildman–Crippen LogP) is 4.36. The van der Waals surface area contributed by atoms with Crippen molar-refractivity contribution in [2.45, 2.75) is 38.6 Å². The topological polar surface area (TPSA) is 0 Å². The quantitative estimate of drug-likeness (QED) is 0.646. The molecular formula is C8H15F3S2. The van der Waals surface area contributed by atoms with E-state index in [4.69, 9.17) is 0 Å². The van der Waals surface area contributed by atoms with Gasteiger partial charge in [-0.3, -0.25) is 0 Å². The number of alkyl halides is 3. The van der Waals surface area contributed by atoms with Gasteiger partial charge in [-0.05, 0) is 5.92 Å². The molecule has 0 N–H and O–H groups in total. The second-order valence-electron chi connectivity index (χ2n) is 3.10. The van der Waals surface area contributed by atoms with Crippen LogP contribution in [0.1, 0.15) is 27.2 Å². The van der Waals surface area contributed by atoms with Crippen molar-refractivity contribution in [1.82, 2.24) is 0 Å². The molecule has 0 aliphatic rings. The maximum absolute atomic E-state index is 12.1. The highest BCUT2D eigenvalue weighted by molar-refractivity contribution is 8.76. The summed E-state index contributed by atoms with van der Waals surface area (Å²) in [6.45, 7) is 5.61. The fourth-order valence-electron chi connectivity index (χ4n) is 0.764. The molecule has 5 heteroatoms. The molecule has 0 radical (unpaired) electrons. The molecule has 0 aliphatic carbocycles. The Kier molecular flexibility index (Phi) is 6.29. The summed E-state index contributed by atoms with van der Waals surface area (Å²) in [5.41, 5.74) is 0. The molecule has 0 aromatic carbocycles. The summed E-state index contributed by atoms with van der Waals surface area (Å²) < 4.78 is 36.2. The Hall–Kier alpha value is 0.490. The average Bonchev–Trinajstić information content (AvgIpc) is 1.95. The lowest BCUT2D eigenvalue weighted by molar-refractivity contribution is -0.135. The van der Waals surface area contributed by atoms with Gasteiger partial charge in [0.05, 0.1) is 6.42 Å². The van der Waals surface area contributed by atoms with Crippen molar-refractivity contribution in [3.8, 4) is 0 Å². The zero-order valence-electron chi connectivity index (χ0n) is 8.02. The van der Waals surface area contributed by atoms with E-state index in [1.165, 1.54) is 21.6 Å². The standard InChI is InChI=1S/C8H15F3S2/c1-4-12-13-7(6(2)3)5-8(9,10)11/h6-7H,4-5H2,1-3H3. The van der Waals surface area contributed by atoms with E-state index in [0.717, 1.165) is 5.75 Å². The van der Waals surface area contributed by atoms with Crippen LogP contribution >= 0.6 is 21.6 Å². The summed E-state index contributed by atoms with van der Waals surface area (Å²) >= 11 is 0. The van der Waals surface area contributed by atoms with Crippen LogP contribution < -0.4 is 0 Å². The second kappa shape index (κ2) is 6.06. The molecule has 0 aromatic heterocycles. The molecule has 1 atom stereocenters. The van der Waals surface area contributed by atoms with Gasteiger partial charge in [0, 0.05) is 11.0 Å². The summed E-state index contributed by atoms with van der Waals surface area (Å²) in [6, 6.07) is 0. The van der Waals surface area contributed by atoms with Gasteiger partial charge in [-0.15, -0.1) is 0 Å². The van der Waals surface area contributed by atoms with E-state index in [1.807, 2.05) is 20.8 Å². The molecule has 0 saturated carbocycles. The molecule has 0 saturated heterocycles. The summed E-state index contributed by atoms with van der Waals surface area (Å²) in [4.78, 5) is 0. The van der Waals surface area contributed by atoms with Gasteiger partial charge in [-0.25, -0.2) is 0 Å². The fraction of sp³-hybridized carbons (Fsp3) is 1.00. The normalized spacial score (nSPS) is 15.0. The fourth-order valence-corrected chi connectivity index (χ4v) is 3.36. The number of hydrogen-bond acceptors (Lipinski definition) is 2. The van der Waals surface area contributed by atoms with E-state index >= 15 is 0 Å². The van der Waals surface area contributed by atoms with Gasteiger partial charge >= 0.3 is 6.18 Å². The van der Waals surface area contributed by atoms with Crippen LogP contribution in [0.2, 0.25) is 0 Å². The van der Waals surface area contributed by atoms with E-state index in [9.17, 15) is 13.2 Å². The molecular weight excluding hydrogens is 217 g/mol. The minimum absolute atomic E-state index is 0.0747. The summed E-state index contributed by atoms with van der Waals surface area (Å²) in [5, 5.41) is -0.315. The third-order valence-electron chi connectivity index (χ3n) is 1.49. The van der Waals surface area contributed by atoms with Gasteiger partial charge in [0.15, 0.2) is 0 Å². The lowest BCUT2D eigenvalue weighted by atomic mass is 10.1. The average molecular weight is 232 g/mol. The molecule has 0 amide bonds. The Morgan fingerprint density at radius 1 is 1.23 bits per heavy atom. The molecule has 0 spiro atoms. The maximum Gasteiger partial charge on any atom is 0.390 e. The Labute approximate surface area is 85.4 Å². The van der Waals surface area contributed by atoms with Crippen molar-refractivity contribution in [1.29, 1.82) is 0 Å². The van der Waals surface area contributed by atoms with Crippen LogP contribution in [0.5, 0.6) is 0 Å². The largest absolute Gasteiger partial charge is 0.390 e. The van der Waals surface area contributed by atoms with Gasteiger partial charge in [0.25, 0.3) is 0 Å². The van der Waals surface area contributed by atoms with Crippen LogP contribution in [0, 0.1) is 5.92 Å². The first kappa shape index (κ1) is 13.5. The van der Waals surface area contributed by atoms with Gasteiger partial charge < -0.3 is 0 Å². The molecule has 0 fully saturated rings. The Bertz CT molecular complexity index is 134. The maximum atomic E-state index is 12.1. The van der Waals surface area contributed by atoms with E-state index in [1.54, 1.807) is 0 Å². The van der Waals surface area contributed by atoms with Gasteiger partial charge in [0.2, 0.25) is 0 Å². The summed E-state index contributed by atoms with van der Waals surface area (Å²) in [6.07, 6.45) is -4.71. The third-order valence-corrected chi connectivity index (χ3v) is 4.67. The lowest BCUT2D eigenvalue weighted by Gasteiger charge is -2.20. The van der Waals surface area contributed by atoms with Crippen LogP contribution in [-0.2, 0) is 0 Å². The monoisotopic (exact) mass is 232 g/mol. The van der Waals surface area contributed by atoms with Crippen LogP contribution in [0.3, 0.4) is 0 Å². The smallest absolute Gasteiger partial charge is 0.171 e. The van der Waals surface area contributed by atoms with E-state index < -0.39 is 12.6 Å². The molecule has 1 unspecified atom stereocenters. The summed E-state index contributed by atoms with van der Waals surface area (Å²) in [7, 11) is 2.86. The predicted molar refractivity (Wildman–Crippen MR) is 55.0 cm³/mol. The van der Waals surface area contributed by atoms with Crippen LogP contribution in [-0.4, -0.2) is 17.2 Å². The van der Waals surface area contributed by atoms with Crippen molar-refractivity contribution in [3.63, 3.8) is 0 Å². The minimum atomic E-state index is -4.03. The van der Waals surface area contributed by atoms with Crippen molar-refractivity contribution in [2.24, 2.45) is 5.92 Å². The Balaban J connectivity index is 3.95. The Morgan fingerprint density at radius 2 is 1.77 bits per heavy atom.